The van der Waals surface area contributed by atoms with Crippen LogP contribution in [0.3, 0.4) is 0 Å². The van der Waals surface area contributed by atoms with Crippen molar-refractivity contribution in [3.05, 3.63) is 29.8 Å². The Labute approximate surface area is 110 Å². The standard InChI is InChI=1S/C12H17NO2S2/c1-15-12(14)11(13)8-17-7-9-3-5-10(16-2)6-4-9/h3-6,11H,7-8,13H2,1-2H3. The molecule has 0 fully saturated rings. The summed E-state index contributed by atoms with van der Waals surface area (Å²) >= 11 is 3.36. The summed E-state index contributed by atoms with van der Waals surface area (Å²) < 4.78 is 4.57. The Morgan fingerprint density at radius 3 is 2.59 bits per heavy atom. The molecule has 17 heavy (non-hydrogen) atoms. The van der Waals surface area contributed by atoms with Crippen molar-refractivity contribution >= 4 is 29.5 Å². The summed E-state index contributed by atoms with van der Waals surface area (Å²) in [5.41, 5.74) is 6.88. The summed E-state index contributed by atoms with van der Waals surface area (Å²) in [6, 6.07) is 7.86. The number of carbonyl (C=O) groups excluding carboxylic acids is 1. The Hall–Kier alpha value is -0.650. The van der Waals surface area contributed by atoms with E-state index >= 15 is 0 Å². The molecule has 0 spiro atoms. The first-order chi connectivity index (χ1) is 8.17. The van der Waals surface area contributed by atoms with Crippen molar-refractivity contribution in [2.24, 2.45) is 5.73 Å². The van der Waals surface area contributed by atoms with Gasteiger partial charge in [0, 0.05) is 16.4 Å². The summed E-state index contributed by atoms with van der Waals surface area (Å²) in [5, 5.41) is 0. The maximum atomic E-state index is 11.1. The third-order valence-corrected chi connectivity index (χ3v) is 4.10. The second-order valence-electron chi connectivity index (χ2n) is 3.49. The first-order valence-electron chi connectivity index (χ1n) is 5.21. The van der Waals surface area contributed by atoms with Gasteiger partial charge in [-0.25, -0.2) is 0 Å². The lowest BCUT2D eigenvalue weighted by Crippen LogP contribution is -2.33. The Bertz CT molecular complexity index is 354. The van der Waals surface area contributed by atoms with E-state index in [1.54, 1.807) is 23.5 Å². The SMILES string of the molecule is COC(=O)C(N)CSCc1ccc(SC)cc1. The predicted octanol–water partition coefficient (Wildman–Crippen LogP) is 2.14. The number of esters is 1. The van der Waals surface area contributed by atoms with Crippen LogP contribution in [0.5, 0.6) is 0 Å². The molecule has 5 heteroatoms. The molecule has 1 unspecified atom stereocenters. The zero-order valence-electron chi connectivity index (χ0n) is 10.0. The smallest absolute Gasteiger partial charge is 0.323 e. The quantitative estimate of drug-likeness (QED) is 0.634. The summed E-state index contributed by atoms with van der Waals surface area (Å²) in [5.74, 6) is 1.09. The Morgan fingerprint density at radius 2 is 2.06 bits per heavy atom. The Kier molecular flexibility index (Phi) is 6.47. The van der Waals surface area contributed by atoms with E-state index in [1.165, 1.54) is 17.6 Å². The van der Waals surface area contributed by atoms with Crippen LogP contribution in [-0.4, -0.2) is 31.1 Å². The minimum atomic E-state index is -0.532. The fraction of sp³-hybridized carbons (Fsp3) is 0.417. The van der Waals surface area contributed by atoms with E-state index < -0.39 is 6.04 Å². The molecule has 2 N–H and O–H groups in total. The Morgan fingerprint density at radius 1 is 1.41 bits per heavy atom. The number of rotatable bonds is 6. The molecule has 0 aliphatic rings. The second-order valence-corrected chi connectivity index (χ2v) is 5.40. The van der Waals surface area contributed by atoms with Gasteiger partial charge in [0.2, 0.25) is 0 Å². The van der Waals surface area contributed by atoms with Crippen LogP contribution in [0.4, 0.5) is 0 Å². The van der Waals surface area contributed by atoms with Crippen LogP contribution in [0.25, 0.3) is 0 Å². The van der Waals surface area contributed by atoms with Gasteiger partial charge in [-0.15, -0.1) is 11.8 Å². The molecule has 3 nitrogen and oxygen atoms in total. The molecule has 0 saturated carbocycles. The molecule has 0 aliphatic carbocycles. The molecular formula is C12H17NO2S2. The second kappa shape index (κ2) is 7.63. The van der Waals surface area contributed by atoms with E-state index in [-0.39, 0.29) is 5.97 Å². The number of ether oxygens (including phenoxy) is 1. The van der Waals surface area contributed by atoms with Gasteiger partial charge in [-0.05, 0) is 24.0 Å². The lowest BCUT2D eigenvalue weighted by molar-refractivity contribution is -0.141. The zero-order valence-corrected chi connectivity index (χ0v) is 11.6. The van der Waals surface area contributed by atoms with Crippen molar-refractivity contribution in [2.45, 2.75) is 16.7 Å². The summed E-state index contributed by atoms with van der Waals surface area (Å²) in [6.45, 7) is 0. The monoisotopic (exact) mass is 271 g/mol. The highest BCUT2D eigenvalue weighted by atomic mass is 32.2. The van der Waals surface area contributed by atoms with Crippen molar-refractivity contribution < 1.29 is 9.53 Å². The maximum Gasteiger partial charge on any atom is 0.323 e. The van der Waals surface area contributed by atoms with Gasteiger partial charge in [-0.2, -0.15) is 11.8 Å². The fourth-order valence-corrected chi connectivity index (χ4v) is 2.59. The average molecular weight is 271 g/mol. The summed E-state index contributed by atoms with van der Waals surface area (Å²) in [7, 11) is 1.36. The van der Waals surface area contributed by atoms with Crippen LogP contribution in [0, 0.1) is 0 Å². The number of benzene rings is 1. The highest BCUT2D eigenvalue weighted by Gasteiger charge is 2.12. The lowest BCUT2D eigenvalue weighted by atomic mass is 10.2. The molecule has 0 saturated heterocycles. The van der Waals surface area contributed by atoms with E-state index in [2.05, 4.69) is 35.3 Å². The molecule has 94 valence electrons. The maximum absolute atomic E-state index is 11.1. The van der Waals surface area contributed by atoms with E-state index in [9.17, 15) is 4.79 Å². The molecule has 0 radical (unpaired) electrons. The van der Waals surface area contributed by atoms with Crippen LogP contribution in [0.15, 0.2) is 29.2 Å². The Balaban J connectivity index is 2.33. The number of nitrogens with two attached hydrogens (primary N) is 1. The van der Waals surface area contributed by atoms with Crippen LogP contribution in [0.1, 0.15) is 5.56 Å². The topological polar surface area (TPSA) is 52.3 Å². The number of thioether (sulfide) groups is 2. The fourth-order valence-electron chi connectivity index (χ4n) is 1.24. The summed E-state index contributed by atoms with van der Waals surface area (Å²) in [4.78, 5) is 12.3. The average Bonchev–Trinajstić information content (AvgIpc) is 2.38. The number of carbonyl (C=O) groups is 1. The molecule has 0 heterocycles. The van der Waals surface area contributed by atoms with Crippen molar-refractivity contribution in [2.75, 3.05) is 19.1 Å². The van der Waals surface area contributed by atoms with Gasteiger partial charge >= 0.3 is 5.97 Å². The van der Waals surface area contributed by atoms with E-state index in [0.717, 1.165) is 5.75 Å². The first kappa shape index (κ1) is 14.4. The molecule has 1 rings (SSSR count). The van der Waals surface area contributed by atoms with Crippen molar-refractivity contribution in [3.8, 4) is 0 Å². The van der Waals surface area contributed by atoms with E-state index in [4.69, 9.17) is 5.73 Å². The van der Waals surface area contributed by atoms with E-state index in [1.807, 2.05) is 0 Å². The van der Waals surface area contributed by atoms with Gasteiger partial charge in [-0.1, -0.05) is 12.1 Å². The van der Waals surface area contributed by atoms with Crippen LogP contribution in [-0.2, 0) is 15.3 Å². The van der Waals surface area contributed by atoms with Gasteiger partial charge in [0.15, 0.2) is 0 Å². The largest absolute Gasteiger partial charge is 0.468 e. The van der Waals surface area contributed by atoms with Gasteiger partial charge in [0.25, 0.3) is 0 Å². The normalized spacial score (nSPS) is 12.2. The van der Waals surface area contributed by atoms with Gasteiger partial charge < -0.3 is 10.5 Å². The molecule has 0 aliphatic heterocycles. The highest BCUT2D eigenvalue weighted by molar-refractivity contribution is 7.98. The van der Waals surface area contributed by atoms with Crippen molar-refractivity contribution in [1.82, 2.24) is 0 Å². The number of methoxy groups -OCH3 is 1. The predicted molar refractivity (Wildman–Crippen MR) is 74.4 cm³/mol. The minimum Gasteiger partial charge on any atom is -0.468 e. The molecule has 1 aromatic carbocycles. The molecule has 0 bridgehead atoms. The highest BCUT2D eigenvalue weighted by Crippen LogP contribution is 2.18. The van der Waals surface area contributed by atoms with Crippen LogP contribution in [0.2, 0.25) is 0 Å². The zero-order chi connectivity index (χ0) is 12.7. The van der Waals surface area contributed by atoms with Gasteiger partial charge in [0.1, 0.15) is 6.04 Å². The molecule has 0 aromatic heterocycles. The summed E-state index contributed by atoms with van der Waals surface area (Å²) in [6.07, 6.45) is 2.05. The van der Waals surface area contributed by atoms with Crippen LogP contribution >= 0.6 is 23.5 Å². The van der Waals surface area contributed by atoms with Gasteiger partial charge in [-0.3, -0.25) is 4.79 Å². The molecular weight excluding hydrogens is 254 g/mol. The lowest BCUT2D eigenvalue weighted by Gasteiger charge is -2.08. The third kappa shape index (κ3) is 5.02. The molecule has 1 aromatic rings. The third-order valence-electron chi connectivity index (χ3n) is 2.23. The minimum absolute atomic E-state index is 0.352. The number of hydrogen-bond donors (Lipinski definition) is 1. The first-order valence-corrected chi connectivity index (χ1v) is 7.59. The number of hydrogen-bond acceptors (Lipinski definition) is 5. The van der Waals surface area contributed by atoms with Crippen molar-refractivity contribution in [3.63, 3.8) is 0 Å². The van der Waals surface area contributed by atoms with E-state index in [0.29, 0.717) is 5.75 Å². The van der Waals surface area contributed by atoms with Gasteiger partial charge in [0.05, 0.1) is 7.11 Å². The van der Waals surface area contributed by atoms with Crippen molar-refractivity contribution in [1.29, 1.82) is 0 Å². The molecule has 0 amide bonds. The van der Waals surface area contributed by atoms with Crippen LogP contribution < -0.4 is 5.73 Å². The molecule has 1 atom stereocenters.